The molecule has 7 heteroatoms. The quantitative estimate of drug-likeness (QED) is 0.703. The minimum atomic E-state index is -0.111. The zero-order chi connectivity index (χ0) is 18.2. The molecule has 1 aromatic carbocycles. The van der Waals surface area contributed by atoms with E-state index in [2.05, 4.69) is 5.32 Å². The highest BCUT2D eigenvalue weighted by molar-refractivity contribution is 7.16. The summed E-state index contributed by atoms with van der Waals surface area (Å²) in [5.74, 6) is 1.22. The van der Waals surface area contributed by atoms with Gasteiger partial charge in [-0.05, 0) is 45.2 Å². The molecule has 25 heavy (non-hydrogen) atoms. The Morgan fingerprint density at radius 3 is 2.60 bits per heavy atom. The Hall–Kier alpha value is -1.76. The van der Waals surface area contributed by atoms with Crippen molar-refractivity contribution in [1.82, 2.24) is 4.90 Å². The minimum absolute atomic E-state index is 0.111. The van der Waals surface area contributed by atoms with Gasteiger partial charge < -0.3 is 14.8 Å². The first-order valence-corrected chi connectivity index (χ1v) is 9.33. The van der Waals surface area contributed by atoms with Crippen molar-refractivity contribution in [3.05, 3.63) is 39.5 Å². The molecule has 0 atom stereocenters. The lowest BCUT2D eigenvalue weighted by molar-refractivity contribution is -0.117. The number of nitrogens with one attached hydrogen (secondary N) is 1. The molecule has 0 saturated heterocycles. The molecule has 2 aromatic rings. The van der Waals surface area contributed by atoms with E-state index < -0.39 is 0 Å². The third-order valence-corrected chi connectivity index (χ3v) is 4.52. The number of rotatable bonds is 9. The first-order valence-electron chi connectivity index (χ1n) is 8.14. The summed E-state index contributed by atoms with van der Waals surface area (Å²) in [5, 5.41) is 2.91. The molecule has 2 rings (SSSR count). The maximum atomic E-state index is 12.4. The van der Waals surface area contributed by atoms with Gasteiger partial charge in [0, 0.05) is 17.5 Å². The average molecular weight is 383 g/mol. The van der Waals surface area contributed by atoms with E-state index in [1.54, 1.807) is 6.07 Å². The van der Waals surface area contributed by atoms with E-state index in [0.29, 0.717) is 36.9 Å². The third-order valence-electron chi connectivity index (χ3n) is 3.30. The lowest BCUT2D eigenvalue weighted by atomic mass is 10.2. The van der Waals surface area contributed by atoms with E-state index in [0.717, 1.165) is 9.21 Å². The molecular formula is C18H23ClN2O3S. The second-order valence-corrected chi connectivity index (χ2v) is 7.25. The molecule has 0 fully saturated rings. The third kappa shape index (κ3) is 6.23. The summed E-state index contributed by atoms with van der Waals surface area (Å²) < 4.78 is 11.8. The maximum Gasteiger partial charge on any atom is 0.238 e. The van der Waals surface area contributed by atoms with Crippen LogP contribution in [0.5, 0.6) is 11.5 Å². The number of halogens is 1. The fraction of sp³-hybridized carbons (Fsp3) is 0.389. The Kier molecular flexibility index (Phi) is 7.55. The average Bonchev–Trinajstić information content (AvgIpc) is 2.95. The number of benzene rings is 1. The van der Waals surface area contributed by atoms with E-state index in [-0.39, 0.29) is 12.5 Å². The van der Waals surface area contributed by atoms with E-state index in [1.807, 2.05) is 50.1 Å². The zero-order valence-corrected chi connectivity index (χ0v) is 16.2. The molecule has 0 radical (unpaired) electrons. The molecule has 1 amide bonds. The molecule has 0 unspecified atom stereocenters. The topological polar surface area (TPSA) is 50.8 Å². The number of hydrogen-bond donors (Lipinski definition) is 1. The Morgan fingerprint density at radius 1 is 1.20 bits per heavy atom. The Morgan fingerprint density at radius 2 is 1.96 bits per heavy atom. The fourth-order valence-electron chi connectivity index (χ4n) is 2.34. The van der Waals surface area contributed by atoms with Crippen molar-refractivity contribution in [2.24, 2.45) is 0 Å². The van der Waals surface area contributed by atoms with Crippen molar-refractivity contribution in [3.8, 4) is 11.5 Å². The highest BCUT2D eigenvalue weighted by atomic mass is 35.5. The van der Waals surface area contributed by atoms with Gasteiger partial charge in [-0.3, -0.25) is 9.69 Å². The van der Waals surface area contributed by atoms with Crippen LogP contribution in [0.15, 0.2) is 30.3 Å². The largest absolute Gasteiger partial charge is 0.494 e. The van der Waals surface area contributed by atoms with Crippen molar-refractivity contribution < 1.29 is 14.3 Å². The number of anilines is 1. The van der Waals surface area contributed by atoms with Crippen LogP contribution in [0.3, 0.4) is 0 Å². The van der Waals surface area contributed by atoms with Crippen molar-refractivity contribution in [1.29, 1.82) is 0 Å². The fourth-order valence-corrected chi connectivity index (χ4v) is 3.51. The highest BCUT2D eigenvalue weighted by Gasteiger charge is 2.12. The maximum absolute atomic E-state index is 12.4. The van der Waals surface area contributed by atoms with Crippen LogP contribution < -0.4 is 14.8 Å². The number of thiophene rings is 1. The molecule has 1 N–H and O–H groups in total. The second kappa shape index (κ2) is 9.65. The summed E-state index contributed by atoms with van der Waals surface area (Å²) >= 11 is 7.46. The van der Waals surface area contributed by atoms with Crippen molar-refractivity contribution in [2.75, 3.05) is 32.1 Å². The number of likely N-dealkylation sites (N-methyl/N-ethyl adjacent to an activating group) is 1. The first-order chi connectivity index (χ1) is 12.0. The molecule has 0 aliphatic rings. The van der Waals surface area contributed by atoms with Crippen LogP contribution in [-0.4, -0.2) is 37.6 Å². The predicted octanol–water partition coefficient (Wildman–Crippen LogP) is 4.27. The van der Waals surface area contributed by atoms with Gasteiger partial charge in [-0.15, -0.1) is 11.3 Å². The van der Waals surface area contributed by atoms with Crippen LogP contribution in [-0.2, 0) is 11.3 Å². The summed E-state index contributed by atoms with van der Waals surface area (Å²) in [6.45, 7) is 5.84. The monoisotopic (exact) mass is 382 g/mol. The lowest BCUT2D eigenvalue weighted by Crippen LogP contribution is -2.29. The number of hydrogen-bond acceptors (Lipinski definition) is 5. The summed E-state index contributed by atoms with van der Waals surface area (Å²) in [4.78, 5) is 15.4. The van der Waals surface area contributed by atoms with Crippen LogP contribution in [0.25, 0.3) is 0 Å². The molecule has 136 valence electrons. The number of carbonyl (C=O) groups is 1. The smallest absolute Gasteiger partial charge is 0.238 e. The van der Waals surface area contributed by atoms with Crippen LogP contribution in [0.2, 0.25) is 4.34 Å². The number of amides is 1. The van der Waals surface area contributed by atoms with E-state index in [4.69, 9.17) is 21.1 Å². The summed E-state index contributed by atoms with van der Waals surface area (Å²) in [6.07, 6.45) is 0. The zero-order valence-electron chi connectivity index (χ0n) is 14.7. The summed E-state index contributed by atoms with van der Waals surface area (Å²) in [6, 6.07) is 9.26. The molecule has 1 heterocycles. The SMILES string of the molecule is CCOc1ccc(OCC)c(NC(=O)CN(C)Cc2ccc(Cl)s2)c1. The lowest BCUT2D eigenvalue weighted by Gasteiger charge is -2.17. The summed E-state index contributed by atoms with van der Waals surface area (Å²) in [5.41, 5.74) is 0.616. The number of nitrogens with zero attached hydrogens (tertiary/aromatic N) is 1. The van der Waals surface area contributed by atoms with Gasteiger partial charge >= 0.3 is 0 Å². The van der Waals surface area contributed by atoms with Gasteiger partial charge in [0.05, 0.1) is 29.8 Å². The minimum Gasteiger partial charge on any atom is -0.494 e. The van der Waals surface area contributed by atoms with E-state index >= 15 is 0 Å². The van der Waals surface area contributed by atoms with Crippen LogP contribution in [0, 0.1) is 0 Å². The normalized spacial score (nSPS) is 10.8. The van der Waals surface area contributed by atoms with Crippen molar-refractivity contribution in [3.63, 3.8) is 0 Å². The van der Waals surface area contributed by atoms with Gasteiger partial charge in [0.1, 0.15) is 11.5 Å². The molecule has 1 aromatic heterocycles. The Bertz CT molecular complexity index is 705. The molecular weight excluding hydrogens is 360 g/mol. The molecule has 0 aliphatic heterocycles. The second-order valence-electron chi connectivity index (χ2n) is 5.45. The highest BCUT2D eigenvalue weighted by Crippen LogP contribution is 2.29. The van der Waals surface area contributed by atoms with Crippen molar-refractivity contribution in [2.45, 2.75) is 20.4 Å². The van der Waals surface area contributed by atoms with Crippen LogP contribution in [0.4, 0.5) is 5.69 Å². The van der Waals surface area contributed by atoms with Gasteiger partial charge in [-0.2, -0.15) is 0 Å². The van der Waals surface area contributed by atoms with Crippen LogP contribution in [0.1, 0.15) is 18.7 Å². The van der Waals surface area contributed by atoms with Gasteiger partial charge in [0.2, 0.25) is 5.91 Å². The first kappa shape index (κ1) is 19.6. The van der Waals surface area contributed by atoms with E-state index in [9.17, 15) is 4.79 Å². The molecule has 0 saturated carbocycles. The molecule has 5 nitrogen and oxygen atoms in total. The number of ether oxygens (including phenoxy) is 2. The summed E-state index contributed by atoms with van der Waals surface area (Å²) in [7, 11) is 1.90. The Labute approximate surface area is 157 Å². The van der Waals surface area contributed by atoms with E-state index in [1.165, 1.54) is 11.3 Å². The van der Waals surface area contributed by atoms with Crippen LogP contribution >= 0.6 is 22.9 Å². The predicted molar refractivity (Wildman–Crippen MR) is 103 cm³/mol. The molecule has 0 bridgehead atoms. The van der Waals surface area contributed by atoms with Crippen molar-refractivity contribution >= 4 is 34.5 Å². The Balaban J connectivity index is 1.99. The van der Waals surface area contributed by atoms with Gasteiger partial charge in [-0.25, -0.2) is 0 Å². The van der Waals surface area contributed by atoms with Gasteiger partial charge in [0.25, 0.3) is 0 Å². The number of carbonyl (C=O) groups excluding carboxylic acids is 1. The van der Waals surface area contributed by atoms with Gasteiger partial charge in [-0.1, -0.05) is 11.6 Å². The standard InChI is InChI=1S/C18H23ClN2O3S/c1-4-23-13-6-8-16(24-5-2)15(10-13)20-18(22)12-21(3)11-14-7-9-17(19)25-14/h6-10H,4-5,11-12H2,1-3H3,(H,20,22). The van der Waals surface area contributed by atoms with Gasteiger partial charge in [0.15, 0.2) is 0 Å². The molecule has 0 spiro atoms. The molecule has 0 aliphatic carbocycles.